The van der Waals surface area contributed by atoms with Crippen LogP contribution in [0.2, 0.25) is 0 Å². The first kappa shape index (κ1) is 22.2. The molecule has 11 heteroatoms. The average molecular weight is 463 g/mol. The van der Waals surface area contributed by atoms with Gasteiger partial charge in [-0.25, -0.2) is 18.4 Å². The molecule has 0 bridgehead atoms. The number of nitrogens with zero attached hydrogens (tertiary/aromatic N) is 4. The van der Waals surface area contributed by atoms with Crippen LogP contribution in [0, 0.1) is 18.3 Å². The van der Waals surface area contributed by atoms with Gasteiger partial charge in [0.25, 0.3) is 0 Å². The molecule has 32 heavy (non-hydrogen) atoms. The second kappa shape index (κ2) is 7.86. The smallest absolute Gasteiger partial charge is 0.334 e. The Morgan fingerprint density at radius 2 is 1.91 bits per heavy atom. The molecule has 168 valence electrons. The molecule has 0 amide bonds. The number of sulfonamides is 1. The van der Waals surface area contributed by atoms with Gasteiger partial charge in [0.15, 0.2) is 5.82 Å². The second-order valence-corrected chi connectivity index (χ2v) is 9.65. The van der Waals surface area contributed by atoms with Crippen molar-refractivity contribution in [1.82, 2.24) is 19.3 Å². The van der Waals surface area contributed by atoms with Gasteiger partial charge in [0.05, 0.1) is 23.5 Å². The van der Waals surface area contributed by atoms with Crippen LogP contribution in [0.3, 0.4) is 0 Å². The molecular weight excluding hydrogens is 443 g/mol. The molecule has 0 saturated heterocycles. The molecule has 7 nitrogen and oxygen atoms in total. The van der Waals surface area contributed by atoms with Crippen molar-refractivity contribution >= 4 is 20.9 Å². The number of alkyl halides is 3. The van der Waals surface area contributed by atoms with Crippen LogP contribution in [0.25, 0.3) is 22.4 Å². The Bertz CT molecular complexity index is 1320. The van der Waals surface area contributed by atoms with E-state index in [4.69, 9.17) is 0 Å². The minimum atomic E-state index is -4.72. The van der Waals surface area contributed by atoms with Crippen LogP contribution in [0.4, 0.5) is 13.2 Å². The van der Waals surface area contributed by atoms with E-state index < -0.39 is 27.1 Å². The highest BCUT2D eigenvalue weighted by molar-refractivity contribution is 7.89. The van der Waals surface area contributed by atoms with Gasteiger partial charge >= 0.3 is 6.18 Å². The number of aryl methyl sites for hydroxylation is 1. The van der Waals surface area contributed by atoms with Gasteiger partial charge in [-0.3, -0.25) is 0 Å². The number of hydrogen-bond donors (Lipinski definition) is 1. The van der Waals surface area contributed by atoms with Gasteiger partial charge in [-0.05, 0) is 44.7 Å². The average Bonchev–Trinajstić information content (AvgIpc) is 2.99. The summed E-state index contributed by atoms with van der Waals surface area (Å²) in [4.78, 5) is 7.77. The molecule has 0 unspecified atom stereocenters. The Morgan fingerprint density at radius 1 is 1.25 bits per heavy atom. The lowest BCUT2D eigenvalue weighted by Crippen LogP contribution is -2.43. The van der Waals surface area contributed by atoms with Crippen LogP contribution in [-0.2, 0) is 10.0 Å². The number of rotatable bonds is 5. The first-order valence-electron chi connectivity index (χ1n) is 9.99. The summed E-state index contributed by atoms with van der Waals surface area (Å²) in [5, 5.41) is 10.6. The normalized spacial score (nSPS) is 16.0. The van der Waals surface area contributed by atoms with Crippen LogP contribution in [-0.4, -0.2) is 35.2 Å². The molecule has 2 aromatic heterocycles. The van der Waals surface area contributed by atoms with E-state index in [0.717, 1.165) is 48.1 Å². The Labute approximate surface area is 183 Å². The highest BCUT2D eigenvalue weighted by Gasteiger charge is 2.39. The molecule has 4 rings (SSSR count). The third-order valence-corrected chi connectivity index (χ3v) is 7.18. The minimum absolute atomic E-state index is 0.144. The molecule has 1 fully saturated rings. The van der Waals surface area contributed by atoms with Crippen LogP contribution >= 0.6 is 0 Å². The van der Waals surface area contributed by atoms with Gasteiger partial charge in [-0.2, -0.15) is 23.2 Å². The lowest BCUT2D eigenvalue weighted by atomic mass is 9.92. The van der Waals surface area contributed by atoms with Crippen molar-refractivity contribution in [2.24, 2.45) is 0 Å². The highest BCUT2D eigenvalue weighted by atomic mass is 32.2. The summed E-state index contributed by atoms with van der Waals surface area (Å²) < 4.78 is 66.5. The quantitative estimate of drug-likeness (QED) is 0.610. The molecule has 0 aliphatic heterocycles. The predicted molar refractivity (Wildman–Crippen MR) is 111 cm³/mol. The first-order valence-corrected chi connectivity index (χ1v) is 11.5. The van der Waals surface area contributed by atoms with E-state index in [2.05, 4.69) is 16.0 Å². The Hall–Kier alpha value is -2.97. The van der Waals surface area contributed by atoms with Crippen molar-refractivity contribution in [3.05, 3.63) is 41.7 Å². The fourth-order valence-corrected chi connectivity index (χ4v) is 4.84. The highest BCUT2D eigenvalue weighted by Crippen LogP contribution is 2.41. The third kappa shape index (κ3) is 3.84. The van der Waals surface area contributed by atoms with Crippen molar-refractivity contribution in [3.63, 3.8) is 0 Å². The van der Waals surface area contributed by atoms with Gasteiger partial charge < -0.3 is 4.57 Å². The molecule has 3 aromatic rings. The molecular formula is C21H20F3N5O2S. The fraction of sp³-hybridized carbons (Fsp3) is 0.381. The SMILES string of the molecule is Cc1ccc2c(C#N)c(-c3ncc(S(=O)(=O)N[C@@H](C)C(F)(F)F)cn3)n(C3CCC3)c2c1. The maximum Gasteiger partial charge on any atom is 0.404 e. The molecule has 1 aromatic carbocycles. The Morgan fingerprint density at radius 3 is 2.44 bits per heavy atom. The Balaban J connectivity index is 1.80. The summed E-state index contributed by atoms with van der Waals surface area (Å²) in [5.41, 5.74) is 2.77. The summed E-state index contributed by atoms with van der Waals surface area (Å²) in [7, 11) is -4.47. The van der Waals surface area contributed by atoms with E-state index in [9.17, 15) is 26.9 Å². The monoisotopic (exact) mass is 463 g/mol. The summed E-state index contributed by atoms with van der Waals surface area (Å²) in [6, 6.07) is 5.87. The number of halogens is 3. The predicted octanol–water partition coefficient (Wildman–Crippen LogP) is 4.23. The number of nitriles is 1. The van der Waals surface area contributed by atoms with Gasteiger partial charge in [0.1, 0.15) is 22.7 Å². The van der Waals surface area contributed by atoms with Crippen molar-refractivity contribution < 1.29 is 21.6 Å². The van der Waals surface area contributed by atoms with Crippen LogP contribution in [0.15, 0.2) is 35.5 Å². The van der Waals surface area contributed by atoms with Crippen molar-refractivity contribution in [2.75, 3.05) is 0 Å². The minimum Gasteiger partial charge on any atom is -0.334 e. The van der Waals surface area contributed by atoms with E-state index in [1.54, 1.807) is 4.72 Å². The van der Waals surface area contributed by atoms with E-state index >= 15 is 0 Å². The van der Waals surface area contributed by atoms with E-state index in [1.807, 2.05) is 29.7 Å². The zero-order chi connectivity index (χ0) is 23.3. The standard InChI is InChI=1S/C21H20F3N5O2S/c1-12-6-7-16-17(9-25)19(29(18(16)8-12)14-4-3-5-14)20-26-10-15(11-27-20)32(30,31)28-13(2)21(22,23)24/h6-8,10-11,13-14,28H,3-5H2,1-2H3/t13-/m0/s1. The number of fused-ring (bicyclic) bond motifs is 1. The van der Waals surface area contributed by atoms with Crippen LogP contribution < -0.4 is 4.72 Å². The maximum absolute atomic E-state index is 12.8. The lowest BCUT2D eigenvalue weighted by molar-refractivity contribution is -0.147. The fourth-order valence-electron chi connectivity index (χ4n) is 3.72. The van der Waals surface area contributed by atoms with Crippen molar-refractivity contribution in [3.8, 4) is 17.6 Å². The summed E-state index contributed by atoms with van der Waals surface area (Å²) in [5.74, 6) is 0.144. The molecule has 1 saturated carbocycles. The summed E-state index contributed by atoms with van der Waals surface area (Å²) >= 11 is 0. The van der Waals surface area contributed by atoms with Crippen LogP contribution in [0.5, 0.6) is 0 Å². The number of nitrogens with one attached hydrogen (secondary N) is 1. The lowest BCUT2D eigenvalue weighted by Gasteiger charge is -2.29. The number of hydrogen-bond acceptors (Lipinski definition) is 5. The molecule has 1 atom stereocenters. The largest absolute Gasteiger partial charge is 0.404 e. The number of aromatic nitrogens is 3. The third-order valence-electron chi connectivity index (χ3n) is 5.68. The van der Waals surface area contributed by atoms with E-state index in [1.165, 1.54) is 0 Å². The summed E-state index contributed by atoms with van der Waals surface area (Å²) in [6.45, 7) is 2.67. The maximum atomic E-state index is 12.8. The molecule has 1 N–H and O–H groups in total. The van der Waals surface area contributed by atoms with Gasteiger partial charge in [0, 0.05) is 11.4 Å². The van der Waals surface area contributed by atoms with Crippen molar-refractivity contribution in [2.45, 2.75) is 56.3 Å². The zero-order valence-corrected chi connectivity index (χ0v) is 18.1. The van der Waals surface area contributed by atoms with Gasteiger partial charge in [-0.15, -0.1) is 0 Å². The molecule has 1 aliphatic rings. The van der Waals surface area contributed by atoms with Crippen molar-refractivity contribution in [1.29, 1.82) is 5.26 Å². The van der Waals surface area contributed by atoms with Gasteiger partial charge in [0.2, 0.25) is 10.0 Å². The van der Waals surface area contributed by atoms with E-state index in [0.29, 0.717) is 18.2 Å². The molecule has 0 spiro atoms. The second-order valence-electron chi connectivity index (χ2n) is 7.94. The van der Waals surface area contributed by atoms with E-state index in [-0.39, 0.29) is 11.9 Å². The zero-order valence-electron chi connectivity index (χ0n) is 17.3. The molecule has 1 aliphatic carbocycles. The summed E-state index contributed by atoms with van der Waals surface area (Å²) in [6.07, 6.45) is 0.116. The van der Waals surface area contributed by atoms with Gasteiger partial charge in [-0.1, -0.05) is 12.1 Å². The number of benzene rings is 1. The molecule has 2 heterocycles. The Kier molecular flexibility index (Phi) is 5.46. The topological polar surface area (TPSA) is 101 Å². The molecule has 0 radical (unpaired) electrons. The van der Waals surface area contributed by atoms with Crippen LogP contribution in [0.1, 0.15) is 43.4 Å². The first-order chi connectivity index (χ1) is 15.0.